The van der Waals surface area contributed by atoms with Gasteiger partial charge in [-0.05, 0) is 18.9 Å². The zero-order chi connectivity index (χ0) is 7.40. The summed E-state index contributed by atoms with van der Waals surface area (Å²) in [5, 5.41) is 5.81. The summed E-state index contributed by atoms with van der Waals surface area (Å²) in [5.41, 5.74) is 0. The molecule has 0 spiro atoms. The molecule has 1 fully saturated rings. The number of hydrogen-bond donors (Lipinski definition) is 2. The summed E-state index contributed by atoms with van der Waals surface area (Å²) in [6.45, 7) is 1.81. The predicted octanol–water partition coefficient (Wildman–Crippen LogP) is -0.902. The fourth-order valence-electron chi connectivity index (χ4n) is 1.00. The van der Waals surface area contributed by atoms with Crippen LogP contribution in [0.5, 0.6) is 0 Å². The Bertz CT molecular complexity index is 165. The first kappa shape index (κ1) is 7.10. The Morgan fingerprint density at radius 3 is 3.10 bits per heavy atom. The smallest absolute Gasteiger partial charge is 0.295 e. The molecule has 0 bridgehead atoms. The SMILES string of the molecule is C#CC(=O)NC1CCNC1. The Balaban J connectivity index is 2.25. The van der Waals surface area contributed by atoms with Crippen molar-refractivity contribution in [3.05, 3.63) is 0 Å². The Kier molecular flexibility index (Phi) is 2.30. The van der Waals surface area contributed by atoms with Crippen LogP contribution in [0.4, 0.5) is 0 Å². The van der Waals surface area contributed by atoms with Crippen molar-refractivity contribution in [1.29, 1.82) is 0 Å². The Labute approximate surface area is 60.2 Å². The molecule has 0 aliphatic carbocycles. The maximum absolute atomic E-state index is 10.6. The molecule has 0 radical (unpaired) electrons. The lowest BCUT2D eigenvalue weighted by atomic mass is 10.2. The first-order chi connectivity index (χ1) is 4.83. The second kappa shape index (κ2) is 3.23. The third-order valence-electron chi connectivity index (χ3n) is 1.53. The molecule has 0 aromatic heterocycles. The highest BCUT2D eigenvalue weighted by Crippen LogP contribution is 1.95. The molecule has 1 atom stereocenters. The van der Waals surface area contributed by atoms with Crippen LogP contribution in [0.15, 0.2) is 0 Å². The van der Waals surface area contributed by atoms with Crippen molar-refractivity contribution in [1.82, 2.24) is 10.6 Å². The monoisotopic (exact) mass is 138 g/mol. The average molecular weight is 138 g/mol. The highest BCUT2D eigenvalue weighted by molar-refractivity contribution is 5.93. The number of hydrogen-bond acceptors (Lipinski definition) is 2. The van der Waals surface area contributed by atoms with Crippen molar-refractivity contribution in [2.24, 2.45) is 0 Å². The Morgan fingerprint density at radius 1 is 1.80 bits per heavy atom. The number of amides is 1. The predicted molar refractivity (Wildman–Crippen MR) is 38.3 cm³/mol. The summed E-state index contributed by atoms with van der Waals surface area (Å²) in [6, 6.07) is 0.239. The van der Waals surface area contributed by atoms with E-state index in [2.05, 4.69) is 10.6 Å². The molecule has 1 unspecified atom stereocenters. The fraction of sp³-hybridized carbons (Fsp3) is 0.571. The summed E-state index contributed by atoms with van der Waals surface area (Å²) in [4.78, 5) is 10.6. The van der Waals surface area contributed by atoms with Gasteiger partial charge in [0.2, 0.25) is 0 Å². The van der Waals surface area contributed by atoms with E-state index in [1.54, 1.807) is 0 Å². The van der Waals surface area contributed by atoms with Crippen molar-refractivity contribution in [2.75, 3.05) is 13.1 Å². The second-order valence-corrected chi connectivity index (χ2v) is 2.31. The van der Waals surface area contributed by atoms with E-state index >= 15 is 0 Å². The van der Waals surface area contributed by atoms with E-state index in [9.17, 15) is 4.79 Å². The molecule has 0 aromatic rings. The van der Waals surface area contributed by atoms with Crippen LogP contribution in [0.2, 0.25) is 0 Å². The van der Waals surface area contributed by atoms with Gasteiger partial charge in [0.05, 0.1) is 0 Å². The third kappa shape index (κ3) is 1.74. The molecular formula is C7H10N2O. The van der Waals surface area contributed by atoms with E-state index < -0.39 is 0 Å². The fourth-order valence-corrected chi connectivity index (χ4v) is 1.00. The molecule has 3 heteroatoms. The van der Waals surface area contributed by atoms with Crippen molar-refractivity contribution in [2.45, 2.75) is 12.5 Å². The van der Waals surface area contributed by atoms with Gasteiger partial charge in [0.1, 0.15) is 0 Å². The molecule has 0 saturated carbocycles. The summed E-state index contributed by atoms with van der Waals surface area (Å²) in [7, 11) is 0. The van der Waals surface area contributed by atoms with E-state index in [1.807, 2.05) is 5.92 Å². The molecule has 0 aromatic carbocycles. The van der Waals surface area contributed by atoms with Crippen molar-refractivity contribution in [3.63, 3.8) is 0 Å². The number of carbonyl (C=O) groups is 1. The number of nitrogens with one attached hydrogen (secondary N) is 2. The number of carbonyl (C=O) groups excluding carboxylic acids is 1. The average Bonchev–Trinajstić information content (AvgIpc) is 2.40. The van der Waals surface area contributed by atoms with Gasteiger partial charge in [-0.25, -0.2) is 0 Å². The minimum atomic E-state index is -0.311. The van der Waals surface area contributed by atoms with Gasteiger partial charge in [-0.15, -0.1) is 6.42 Å². The minimum Gasteiger partial charge on any atom is -0.341 e. The zero-order valence-corrected chi connectivity index (χ0v) is 5.68. The molecule has 10 heavy (non-hydrogen) atoms. The molecule has 54 valence electrons. The van der Waals surface area contributed by atoms with E-state index in [0.717, 1.165) is 19.5 Å². The highest BCUT2D eigenvalue weighted by atomic mass is 16.1. The van der Waals surface area contributed by atoms with Crippen LogP contribution in [0.25, 0.3) is 0 Å². The molecule has 1 saturated heterocycles. The first-order valence-corrected chi connectivity index (χ1v) is 3.31. The molecule has 1 aliphatic heterocycles. The van der Waals surface area contributed by atoms with Gasteiger partial charge in [0.25, 0.3) is 5.91 Å². The van der Waals surface area contributed by atoms with E-state index in [0.29, 0.717) is 0 Å². The van der Waals surface area contributed by atoms with E-state index in [-0.39, 0.29) is 11.9 Å². The summed E-state index contributed by atoms with van der Waals surface area (Å²) >= 11 is 0. The molecule has 1 rings (SSSR count). The van der Waals surface area contributed by atoms with Gasteiger partial charge in [-0.2, -0.15) is 0 Å². The first-order valence-electron chi connectivity index (χ1n) is 3.31. The zero-order valence-electron chi connectivity index (χ0n) is 5.68. The molecule has 2 N–H and O–H groups in total. The molecule has 1 aliphatic rings. The van der Waals surface area contributed by atoms with Crippen LogP contribution in [0, 0.1) is 12.3 Å². The van der Waals surface area contributed by atoms with Gasteiger partial charge < -0.3 is 10.6 Å². The lowest BCUT2D eigenvalue weighted by Crippen LogP contribution is -2.35. The Hall–Kier alpha value is -1.01. The van der Waals surface area contributed by atoms with Gasteiger partial charge in [-0.3, -0.25) is 4.79 Å². The normalized spacial score (nSPS) is 23.7. The highest BCUT2D eigenvalue weighted by Gasteiger charge is 2.14. The molecular weight excluding hydrogens is 128 g/mol. The number of rotatable bonds is 1. The second-order valence-electron chi connectivity index (χ2n) is 2.31. The van der Waals surface area contributed by atoms with Crippen LogP contribution in [0.3, 0.4) is 0 Å². The molecule has 1 heterocycles. The molecule has 3 nitrogen and oxygen atoms in total. The number of terminal acetylenes is 1. The lowest BCUT2D eigenvalue weighted by Gasteiger charge is -2.06. The van der Waals surface area contributed by atoms with Gasteiger partial charge in [0, 0.05) is 12.6 Å². The van der Waals surface area contributed by atoms with Crippen LogP contribution >= 0.6 is 0 Å². The lowest BCUT2D eigenvalue weighted by molar-refractivity contribution is -0.116. The van der Waals surface area contributed by atoms with Gasteiger partial charge in [-0.1, -0.05) is 0 Å². The minimum absolute atomic E-state index is 0.239. The topological polar surface area (TPSA) is 41.1 Å². The third-order valence-corrected chi connectivity index (χ3v) is 1.53. The van der Waals surface area contributed by atoms with Gasteiger partial charge >= 0.3 is 0 Å². The largest absolute Gasteiger partial charge is 0.341 e. The maximum Gasteiger partial charge on any atom is 0.295 e. The van der Waals surface area contributed by atoms with Crippen molar-refractivity contribution in [3.8, 4) is 12.3 Å². The summed E-state index contributed by atoms with van der Waals surface area (Å²) in [6.07, 6.45) is 5.85. The van der Waals surface area contributed by atoms with Crippen LogP contribution in [-0.4, -0.2) is 25.0 Å². The van der Waals surface area contributed by atoms with Gasteiger partial charge in [0.15, 0.2) is 0 Å². The van der Waals surface area contributed by atoms with Crippen molar-refractivity contribution < 1.29 is 4.79 Å². The van der Waals surface area contributed by atoms with E-state index in [4.69, 9.17) is 6.42 Å². The summed E-state index contributed by atoms with van der Waals surface area (Å²) < 4.78 is 0. The van der Waals surface area contributed by atoms with Crippen LogP contribution < -0.4 is 10.6 Å². The van der Waals surface area contributed by atoms with Crippen LogP contribution in [-0.2, 0) is 4.79 Å². The van der Waals surface area contributed by atoms with Crippen LogP contribution in [0.1, 0.15) is 6.42 Å². The van der Waals surface area contributed by atoms with E-state index in [1.165, 1.54) is 0 Å². The van der Waals surface area contributed by atoms with Crippen molar-refractivity contribution >= 4 is 5.91 Å². The maximum atomic E-state index is 10.6. The standard InChI is InChI=1S/C7H10N2O/c1-2-7(10)9-6-3-4-8-5-6/h1,6,8H,3-5H2,(H,9,10). The molecule has 1 amide bonds. The Morgan fingerprint density at radius 2 is 2.60 bits per heavy atom. The quantitative estimate of drug-likeness (QED) is 0.461. The summed E-state index contributed by atoms with van der Waals surface area (Å²) in [5.74, 6) is 1.70.